The predicted molar refractivity (Wildman–Crippen MR) is 83.6 cm³/mol. The summed E-state index contributed by atoms with van der Waals surface area (Å²) in [5.74, 6) is 0.720. The lowest BCUT2D eigenvalue weighted by Gasteiger charge is -2.38. The van der Waals surface area contributed by atoms with E-state index in [0.29, 0.717) is 23.2 Å². The number of methoxy groups -OCH3 is 1. The molecule has 1 fully saturated rings. The van der Waals surface area contributed by atoms with Crippen molar-refractivity contribution >= 4 is 9.84 Å². The molecule has 21 heavy (non-hydrogen) atoms. The summed E-state index contributed by atoms with van der Waals surface area (Å²) in [6, 6.07) is 7.07. The van der Waals surface area contributed by atoms with Gasteiger partial charge in [0.05, 0.1) is 17.8 Å². The third-order valence-corrected chi connectivity index (χ3v) is 5.71. The van der Waals surface area contributed by atoms with E-state index in [1.165, 1.54) is 7.11 Å². The minimum Gasteiger partial charge on any atom is -0.497 e. The monoisotopic (exact) mass is 312 g/mol. The molecule has 1 saturated heterocycles. The van der Waals surface area contributed by atoms with Gasteiger partial charge in [0.2, 0.25) is 0 Å². The van der Waals surface area contributed by atoms with E-state index in [1.54, 1.807) is 24.3 Å². The van der Waals surface area contributed by atoms with Crippen LogP contribution in [0.3, 0.4) is 0 Å². The highest BCUT2D eigenvalue weighted by atomic mass is 32.2. The van der Waals surface area contributed by atoms with Gasteiger partial charge in [-0.15, -0.1) is 0 Å². The molecule has 0 spiro atoms. The lowest BCUT2D eigenvalue weighted by molar-refractivity contribution is 0.106. The van der Waals surface area contributed by atoms with Crippen LogP contribution in [0.2, 0.25) is 0 Å². The molecule has 0 amide bonds. The minimum absolute atomic E-state index is 0.147. The topological polar surface area (TPSA) is 49.9 Å². The first-order valence-corrected chi connectivity index (χ1v) is 8.87. The summed E-state index contributed by atoms with van der Waals surface area (Å²) >= 11 is 0. The fraction of sp³-hybridized carbons (Fsp3) is 0.600. The maximum Gasteiger partial charge on any atom is 0.179 e. The number of hydrogen-bond acceptors (Lipinski definition) is 5. The number of likely N-dealkylation sites (N-methyl/N-ethyl adjacent to an activating group) is 1. The number of sulfone groups is 1. The SMILES string of the molecule is COc1cccc(S(=O)(=O)CCN2CCN(C)C[C@H]2C)c1. The maximum absolute atomic E-state index is 12.4. The van der Waals surface area contributed by atoms with E-state index in [9.17, 15) is 8.42 Å². The molecule has 0 N–H and O–H groups in total. The van der Waals surface area contributed by atoms with Crippen LogP contribution in [0.4, 0.5) is 0 Å². The van der Waals surface area contributed by atoms with E-state index in [2.05, 4.69) is 23.8 Å². The first-order valence-electron chi connectivity index (χ1n) is 7.22. The second kappa shape index (κ2) is 6.77. The summed E-state index contributed by atoms with van der Waals surface area (Å²) in [6.07, 6.45) is 0. The standard InChI is InChI=1S/C15H24N2O3S/c1-13-12-16(2)7-8-17(13)9-10-21(18,19)15-6-4-5-14(11-15)20-3/h4-6,11,13H,7-10,12H2,1-3H3/t13-/m1/s1. The third-order valence-electron chi connectivity index (χ3n) is 4.02. The minimum atomic E-state index is -3.26. The zero-order valence-corrected chi connectivity index (χ0v) is 13.8. The Balaban J connectivity index is 2.01. The number of hydrogen-bond donors (Lipinski definition) is 0. The van der Waals surface area contributed by atoms with Gasteiger partial charge in [-0.3, -0.25) is 4.90 Å². The molecular formula is C15H24N2O3S. The predicted octanol–water partition coefficient (Wildman–Crippen LogP) is 1.10. The summed E-state index contributed by atoms with van der Waals surface area (Å²) in [5, 5.41) is 0. The Labute approximate surface area is 127 Å². The van der Waals surface area contributed by atoms with Crippen LogP contribution in [0.25, 0.3) is 0 Å². The number of nitrogens with zero attached hydrogens (tertiary/aromatic N) is 2. The van der Waals surface area contributed by atoms with Gasteiger partial charge in [0, 0.05) is 32.2 Å². The number of rotatable bonds is 5. The van der Waals surface area contributed by atoms with Gasteiger partial charge in [0.25, 0.3) is 0 Å². The van der Waals surface area contributed by atoms with Crippen LogP contribution in [0.5, 0.6) is 5.75 Å². The highest BCUT2D eigenvalue weighted by Gasteiger charge is 2.24. The van der Waals surface area contributed by atoms with Gasteiger partial charge in [-0.2, -0.15) is 0 Å². The molecule has 1 heterocycles. The lowest BCUT2D eigenvalue weighted by atomic mass is 10.2. The summed E-state index contributed by atoms with van der Waals surface area (Å²) in [5.41, 5.74) is 0. The van der Waals surface area contributed by atoms with Crippen LogP contribution >= 0.6 is 0 Å². The molecule has 5 nitrogen and oxygen atoms in total. The number of piperazine rings is 1. The van der Waals surface area contributed by atoms with Crippen molar-refractivity contribution in [2.75, 3.05) is 46.1 Å². The molecule has 0 radical (unpaired) electrons. The average molecular weight is 312 g/mol. The average Bonchev–Trinajstić information content (AvgIpc) is 2.46. The Morgan fingerprint density at radius 2 is 2.10 bits per heavy atom. The van der Waals surface area contributed by atoms with Gasteiger partial charge in [-0.05, 0) is 32.2 Å². The molecule has 0 bridgehead atoms. The van der Waals surface area contributed by atoms with Crippen molar-refractivity contribution in [2.24, 2.45) is 0 Å². The Bertz CT molecular complexity index is 574. The lowest BCUT2D eigenvalue weighted by Crippen LogP contribution is -2.51. The number of ether oxygens (including phenoxy) is 1. The fourth-order valence-electron chi connectivity index (χ4n) is 2.66. The smallest absolute Gasteiger partial charge is 0.179 e. The second-order valence-electron chi connectivity index (χ2n) is 5.65. The summed E-state index contributed by atoms with van der Waals surface area (Å²) in [7, 11) is 0.373. The van der Waals surface area contributed by atoms with Crippen molar-refractivity contribution in [3.63, 3.8) is 0 Å². The van der Waals surface area contributed by atoms with Crippen molar-refractivity contribution in [2.45, 2.75) is 17.9 Å². The molecule has 1 atom stereocenters. The van der Waals surface area contributed by atoms with Crippen molar-refractivity contribution in [1.29, 1.82) is 0 Å². The Hall–Kier alpha value is -1.11. The zero-order chi connectivity index (χ0) is 15.5. The van der Waals surface area contributed by atoms with Crippen molar-refractivity contribution in [3.05, 3.63) is 24.3 Å². The second-order valence-corrected chi connectivity index (χ2v) is 7.75. The van der Waals surface area contributed by atoms with E-state index < -0.39 is 9.84 Å². The molecule has 1 aliphatic rings. The first-order chi connectivity index (χ1) is 9.92. The largest absolute Gasteiger partial charge is 0.497 e. The van der Waals surface area contributed by atoms with Gasteiger partial charge in [0.15, 0.2) is 9.84 Å². The maximum atomic E-state index is 12.4. The van der Waals surface area contributed by atoms with Crippen molar-refractivity contribution < 1.29 is 13.2 Å². The Kier molecular flexibility index (Phi) is 5.24. The van der Waals surface area contributed by atoms with Gasteiger partial charge < -0.3 is 9.64 Å². The fourth-order valence-corrected chi connectivity index (χ4v) is 3.95. The summed E-state index contributed by atoms with van der Waals surface area (Å²) in [4.78, 5) is 4.86. The molecule has 1 aromatic carbocycles. The van der Waals surface area contributed by atoms with E-state index in [1.807, 2.05) is 0 Å². The van der Waals surface area contributed by atoms with Gasteiger partial charge in [0.1, 0.15) is 5.75 Å². The van der Waals surface area contributed by atoms with Crippen LogP contribution in [0.1, 0.15) is 6.92 Å². The van der Waals surface area contributed by atoms with Crippen molar-refractivity contribution in [3.8, 4) is 5.75 Å². The van der Waals surface area contributed by atoms with Crippen LogP contribution in [-0.2, 0) is 9.84 Å². The number of benzene rings is 1. The van der Waals surface area contributed by atoms with Crippen LogP contribution in [0, 0.1) is 0 Å². The first kappa shape index (κ1) is 16.3. The highest BCUT2D eigenvalue weighted by molar-refractivity contribution is 7.91. The Morgan fingerprint density at radius 3 is 2.76 bits per heavy atom. The van der Waals surface area contributed by atoms with Crippen LogP contribution in [0.15, 0.2) is 29.2 Å². The van der Waals surface area contributed by atoms with Crippen molar-refractivity contribution in [1.82, 2.24) is 9.80 Å². The molecule has 0 saturated carbocycles. The van der Waals surface area contributed by atoms with E-state index >= 15 is 0 Å². The van der Waals surface area contributed by atoms with E-state index in [4.69, 9.17) is 4.74 Å². The molecule has 1 aliphatic heterocycles. The summed E-state index contributed by atoms with van der Waals surface area (Å²) in [6.45, 7) is 5.62. The molecular weight excluding hydrogens is 288 g/mol. The third kappa shape index (κ3) is 4.18. The molecule has 0 unspecified atom stereocenters. The van der Waals surface area contributed by atoms with Gasteiger partial charge in [-0.1, -0.05) is 6.07 Å². The highest BCUT2D eigenvalue weighted by Crippen LogP contribution is 2.19. The normalized spacial score (nSPS) is 21.4. The van der Waals surface area contributed by atoms with Crippen LogP contribution < -0.4 is 4.74 Å². The van der Waals surface area contributed by atoms with Gasteiger partial charge >= 0.3 is 0 Å². The molecule has 0 aliphatic carbocycles. The quantitative estimate of drug-likeness (QED) is 0.815. The summed E-state index contributed by atoms with van der Waals surface area (Å²) < 4.78 is 29.9. The Morgan fingerprint density at radius 1 is 1.33 bits per heavy atom. The van der Waals surface area contributed by atoms with Gasteiger partial charge in [-0.25, -0.2) is 8.42 Å². The molecule has 2 rings (SSSR count). The molecule has 1 aromatic rings. The molecule has 118 valence electrons. The zero-order valence-electron chi connectivity index (χ0n) is 12.9. The van der Waals surface area contributed by atoms with E-state index in [-0.39, 0.29) is 5.75 Å². The molecule has 6 heteroatoms. The van der Waals surface area contributed by atoms with Crippen LogP contribution in [-0.4, -0.2) is 70.3 Å². The van der Waals surface area contributed by atoms with E-state index in [0.717, 1.165) is 19.6 Å². The molecule has 0 aromatic heterocycles.